The van der Waals surface area contributed by atoms with Crippen molar-refractivity contribution in [1.82, 2.24) is 0 Å². The van der Waals surface area contributed by atoms with Gasteiger partial charge in [-0.25, -0.2) is 0 Å². The Morgan fingerprint density at radius 3 is 3.00 bits per heavy atom. The fraction of sp³-hybridized carbons (Fsp3) is 0.600. The van der Waals surface area contributed by atoms with Gasteiger partial charge in [0.15, 0.2) is 0 Å². The number of hydrogen-bond acceptors (Lipinski definition) is 3. The SMILES string of the molecule is CCC(N)c1ccccc1N1CCCOC(C)C1. The van der Waals surface area contributed by atoms with Gasteiger partial charge >= 0.3 is 0 Å². The van der Waals surface area contributed by atoms with Gasteiger partial charge in [0.2, 0.25) is 0 Å². The van der Waals surface area contributed by atoms with Crippen molar-refractivity contribution in [1.29, 1.82) is 0 Å². The first-order chi connectivity index (χ1) is 8.72. The molecule has 2 rings (SSSR count). The van der Waals surface area contributed by atoms with Gasteiger partial charge in [0.05, 0.1) is 6.10 Å². The molecule has 1 heterocycles. The lowest BCUT2D eigenvalue weighted by Gasteiger charge is -2.28. The summed E-state index contributed by atoms with van der Waals surface area (Å²) in [5, 5.41) is 0. The van der Waals surface area contributed by atoms with E-state index in [4.69, 9.17) is 10.5 Å². The van der Waals surface area contributed by atoms with E-state index < -0.39 is 0 Å². The van der Waals surface area contributed by atoms with Gasteiger partial charge in [0.25, 0.3) is 0 Å². The Labute approximate surface area is 110 Å². The van der Waals surface area contributed by atoms with Crippen LogP contribution in [0.4, 0.5) is 5.69 Å². The summed E-state index contributed by atoms with van der Waals surface area (Å²) in [6.45, 7) is 7.14. The maximum absolute atomic E-state index is 6.22. The zero-order chi connectivity index (χ0) is 13.0. The number of ether oxygens (including phenoxy) is 1. The zero-order valence-corrected chi connectivity index (χ0v) is 11.4. The smallest absolute Gasteiger partial charge is 0.0721 e. The lowest BCUT2D eigenvalue weighted by Crippen LogP contribution is -2.31. The molecule has 1 fully saturated rings. The summed E-state index contributed by atoms with van der Waals surface area (Å²) in [5.41, 5.74) is 8.76. The van der Waals surface area contributed by atoms with Gasteiger partial charge < -0.3 is 15.4 Å². The van der Waals surface area contributed by atoms with Crippen LogP contribution in [0.3, 0.4) is 0 Å². The van der Waals surface area contributed by atoms with Crippen LogP contribution in [-0.4, -0.2) is 25.8 Å². The summed E-state index contributed by atoms with van der Waals surface area (Å²) < 4.78 is 5.71. The van der Waals surface area contributed by atoms with Crippen LogP contribution in [0.5, 0.6) is 0 Å². The Balaban J connectivity index is 2.25. The Hall–Kier alpha value is -1.06. The fourth-order valence-corrected chi connectivity index (χ4v) is 2.52. The number of nitrogens with two attached hydrogens (primary N) is 1. The van der Waals surface area contributed by atoms with Crippen LogP contribution in [-0.2, 0) is 4.74 Å². The van der Waals surface area contributed by atoms with Crippen molar-refractivity contribution in [2.45, 2.75) is 38.8 Å². The highest BCUT2D eigenvalue weighted by Crippen LogP contribution is 2.28. The average molecular weight is 248 g/mol. The highest BCUT2D eigenvalue weighted by molar-refractivity contribution is 5.55. The number of rotatable bonds is 3. The van der Waals surface area contributed by atoms with E-state index in [1.54, 1.807) is 0 Å². The highest BCUT2D eigenvalue weighted by atomic mass is 16.5. The summed E-state index contributed by atoms with van der Waals surface area (Å²) >= 11 is 0. The second kappa shape index (κ2) is 6.21. The van der Waals surface area contributed by atoms with Crippen molar-refractivity contribution in [2.24, 2.45) is 5.73 Å². The molecule has 2 unspecified atom stereocenters. The van der Waals surface area contributed by atoms with Crippen LogP contribution >= 0.6 is 0 Å². The van der Waals surface area contributed by atoms with Crippen molar-refractivity contribution in [3.8, 4) is 0 Å². The Kier molecular flexibility index (Phi) is 4.61. The van der Waals surface area contributed by atoms with Gasteiger partial charge in [-0.3, -0.25) is 0 Å². The predicted octanol–water partition coefficient (Wildman–Crippen LogP) is 2.71. The summed E-state index contributed by atoms with van der Waals surface area (Å²) in [6, 6.07) is 8.63. The number of hydrogen-bond donors (Lipinski definition) is 1. The molecular formula is C15H24N2O. The normalized spacial score (nSPS) is 22.6. The topological polar surface area (TPSA) is 38.5 Å². The van der Waals surface area contributed by atoms with Crippen LogP contribution in [0.1, 0.15) is 38.3 Å². The average Bonchev–Trinajstić information content (AvgIpc) is 2.62. The quantitative estimate of drug-likeness (QED) is 0.894. The van der Waals surface area contributed by atoms with Gasteiger partial charge in [0, 0.05) is 31.4 Å². The maximum Gasteiger partial charge on any atom is 0.0721 e. The lowest BCUT2D eigenvalue weighted by molar-refractivity contribution is 0.0821. The molecule has 0 aromatic heterocycles. The first kappa shape index (κ1) is 13.4. The van der Waals surface area contributed by atoms with E-state index in [0.717, 1.165) is 32.5 Å². The van der Waals surface area contributed by atoms with Gasteiger partial charge in [-0.05, 0) is 31.4 Å². The van der Waals surface area contributed by atoms with Crippen LogP contribution in [0.15, 0.2) is 24.3 Å². The molecule has 2 atom stereocenters. The van der Waals surface area contributed by atoms with E-state index in [2.05, 4.69) is 43.0 Å². The number of benzene rings is 1. The molecular weight excluding hydrogens is 224 g/mol. The van der Waals surface area contributed by atoms with Gasteiger partial charge in [-0.2, -0.15) is 0 Å². The van der Waals surface area contributed by atoms with Crippen LogP contribution in [0.2, 0.25) is 0 Å². The molecule has 3 heteroatoms. The van der Waals surface area contributed by atoms with Crippen molar-refractivity contribution < 1.29 is 4.74 Å². The molecule has 1 saturated heterocycles. The molecule has 1 aliphatic rings. The molecule has 0 amide bonds. The minimum Gasteiger partial charge on any atom is -0.377 e. The molecule has 0 aliphatic carbocycles. The Morgan fingerprint density at radius 2 is 2.22 bits per heavy atom. The van der Waals surface area contributed by atoms with Crippen LogP contribution in [0.25, 0.3) is 0 Å². The summed E-state index contributed by atoms with van der Waals surface area (Å²) in [5.74, 6) is 0. The first-order valence-electron chi connectivity index (χ1n) is 6.93. The van der Waals surface area contributed by atoms with Gasteiger partial charge in [-0.1, -0.05) is 25.1 Å². The number of para-hydroxylation sites is 1. The van der Waals surface area contributed by atoms with Crippen molar-refractivity contribution in [3.05, 3.63) is 29.8 Å². The predicted molar refractivity (Wildman–Crippen MR) is 75.9 cm³/mol. The molecule has 2 N–H and O–H groups in total. The van der Waals surface area contributed by atoms with E-state index in [1.165, 1.54) is 11.3 Å². The second-order valence-electron chi connectivity index (χ2n) is 5.05. The summed E-state index contributed by atoms with van der Waals surface area (Å²) in [7, 11) is 0. The maximum atomic E-state index is 6.22. The Morgan fingerprint density at radius 1 is 1.44 bits per heavy atom. The Bertz CT molecular complexity index is 381. The van der Waals surface area contributed by atoms with E-state index in [-0.39, 0.29) is 6.04 Å². The van der Waals surface area contributed by atoms with Crippen molar-refractivity contribution in [3.63, 3.8) is 0 Å². The molecule has 0 saturated carbocycles. The van der Waals surface area contributed by atoms with E-state index >= 15 is 0 Å². The monoisotopic (exact) mass is 248 g/mol. The van der Waals surface area contributed by atoms with E-state index in [0.29, 0.717) is 6.10 Å². The molecule has 3 nitrogen and oxygen atoms in total. The minimum absolute atomic E-state index is 0.126. The van der Waals surface area contributed by atoms with Crippen molar-refractivity contribution in [2.75, 3.05) is 24.6 Å². The molecule has 1 aliphatic heterocycles. The molecule has 100 valence electrons. The molecule has 0 bridgehead atoms. The molecule has 1 aromatic rings. The number of anilines is 1. The molecule has 0 spiro atoms. The number of nitrogens with zero attached hydrogens (tertiary/aromatic N) is 1. The summed E-state index contributed by atoms with van der Waals surface area (Å²) in [6.07, 6.45) is 2.34. The minimum atomic E-state index is 0.126. The van der Waals surface area contributed by atoms with E-state index in [9.17, 15) is 0 Å². The summed E-state index contributed by atoms with van der Waals surface area (Å²) in [4.78, 5) is 2.42. The van der Waals surface area contributed by atoms with Crippen LogP contribution < -0.4 is 10.6 Å². The van der Waals surface area contributed by atoms with Crippen molar-refractivity contribution >= 4 is 5.69 Å². The fourth-order valence-electron chi connectivity index (χ4n) is 2.52. The third kappa shape index (κ3) is 3.03. The largest absolute Gasteiger partial charge is 0.377 e. The van der Waals surface area contributed by atoms with Gasteiger partial charge in [-0.15, -0.1) is 0 Å². The van der Waals surface area contributed by atoms with E-state index in [1.807, 2.05) is 0 Å². The molecule has 0 radical (unpaired) electrons. The standard InChI is InChI=1S/C15H24N2O/c1-3-14(16)13-7-4-5-8-15(13)17-9-6-10-18-12(2)11-17/h4-5,7-8,12,14H,3,6,9-11,16H2,1-2H3. The second-order valence-corrected chi connectivity index (χ2v) is 5.05. The third-order valence-electron chi connectivity index (χ3n) is 3.57. The highest BCUT2D eigenvalue weighted by Gasteiger charge is 2.19. The van der Waals surface area contributed by atoms with Crippen LogP contribution in [0, 0.1) is 0 Å². The zero-order valence-electron chi connectivity index (χ0n) is 11.4. The molecule has 18 heavy (non-hydrogen) atoms. The first-order valence-corrected chi connectivity index (χ1v) is 6.93. The van der Waals surface area contributed by atoms with Gasteiger partial charge in [0.1, 0.15) is 0 Å². The lowest BCUT2D eigenvalue weighted by atomic mass is 10.0. The third-order valence-corrected chi connectivity index (χ3v) is 3.57. The molecule has 1 aromatic carbocycles.